The minimum Gasteiger partial charge on any atom is -0.411 e. The van der Waals surface area contributed by atoms with Crippen LogP contribution in [0.5, 0.6) is 0 Å². The Morgan fingerprint density at radius 1 is 1.12 bits per heavy atom. The smallest absolute Gasteiger partial charge is 0.411 e. The summed E-state index contributed by atoms with van der Waals surface area (Å²) in [5, 5.41) is 11.3. The zero-order valence-corrected chi connectivity index (χ0v) is 24.4. The van der Waals surface area contributed by atoms with Crippen molar-refractivity contribution in [1.29, 1.82) is 0 Å². The molecule has 1 heterocycles. The third kappa shape index (κ3) is 5.65. The van der Waals surface area contributed by atoms with Gasteiger partial charge in [-0.3, -0.25) is 4.79 Å². The van der Waals surface area contributed by atoms with Crippen molar-refractivity contribution in [2.24, 2.45) is 23.2 Å². The summed E-state index contributed by atoms with van der Waals surface area (Å²) in [6.07, 6.45) is 11.3. The first-order chi connectivity index (χ1) is 19.1. The molecule has 5 atom stereocenters. The molecule has 1 aliphatic heterocycles. The largest absolute Gasteiger partial charge is 0.415 e. The molecule has 2 saturated carbocycles. The number of hydrogen-bond acceptors (Lipinski definition) is 5. The first-order valence-corrected chi connectivity index (χ1v) is 14.7. The number of hydrogen-bond donors (Lipinski definition) is 1. The molecule has 0 bridgehead atoms. The molecule has 3 fully saturated rings. The van der Waals surface area contributed by atoms with Gasteiger partial charge < -0.3 is 24.5 Å². The van der Waals surface area contributed by atoms with Crippen LogP contribution in [0.4, 0.5) is 10.5 Å². The third-order valence-corrected chi connectivity index (χ3v) is 9.73. The van der Waals surface area contributed by atoms with Crippen molar-refractivity contribution in [2.75, 3.05) is 45.2 Å². The van der Waals surface area contributed by atoms with Gasteiger partial charge in [-0.15, -0.1) is 5.92 Å². The van der Waals surface area contributed by atoms with E-state index >= 15 is 0 Å². The molecule has 0 spiro atoms. The number of carbonyl (C=O) groups excluding carboxylic acids is 2. The van der Waals surface area contributed by atoms with E-state index in [1.165, 1.54) is 11.3 Å². The zero-order valence-electron chi connectivity index (χ0n) is 24.4. The highest BCUT2D eigenvalue weighted by Gasteiger charge is 2.55. The van der Waals surface area contributed by atoms with Gasteiger partial charge >= 0.3 is 6.09 Å². The topological polar surface area (TPSA) is 73.3 Å². The van der Waals surface area contributed by atoms with Crippen LogP contribution in [0.2, 0.25) is 0 Å². The molecule has 0 radical (unpaired) electrons. The van der Waals surface area contributed by atoms with E-state index in [1.54, 1.807) is 16.7 Å². The van der Waals surface area contributed by atoms with Crippen molar-refractivity contribution in [2.45, 2.75) is 58.0 Å². The van der Waals surface area contributed by atoms with E-state index in [0.29, 0.717) is 56.6 Å². The van der Waals surface area contributed by atoms with Crippen LogP contribution in [0.3, 0.4) is 0 Å². The van der Waals surface area contributed by atoms with E-state index in [0.717, 1.165) is 25.7 Å². The van der Waals surface area contributed by atoms with Gasteiger partial charge in [-0.2, -0.15) is 0 Å². The Morgan fingerprint density at radius 2 is 1.88 bits per heavy atom. The molecule has 214 valence electrons. The lowest BCUT2D eigenvalue weighted by atomic mass is 9.47. The Morgan fingerprint density at radius 3 is 2.58 bits per heavy atom. The highest BCUT2D eigenvalue weighted by molar-refractivity contribution is 5.74. The molecule has 2 amide bonds. The summed E-state index contributed by atoms with van der Waals surface area (Å²) >= 11 is 0. The maximum Gasteiger partial charge on any atom is 0.415 e. The summed E-state index contributed by atoms with van der Waals surface area (Å²) in [7, 11) is 4.14. The Kier molecular flexibility index (Phi) is 8.01. The maximum absolute atomic E-state index is 12.9. The van der Waals surface area contributed by atoms with Crippen molar-refractivity contribution in [3.05, 3.63) is 53.8 Å². The van der Waals surface area contributed by atoms with Crippen LogP contribution in [0.25, 0.3) is 0 Å². The lowest BCUT2D eigenvalue weighted by Gasteiger charge is -2.57. The Labute approximate surface area is 238 Å². The van der Waals surface area contributed by atoms with Gasteiger partial charge in [-0.25, -0.2) is 4.79 Å². The van der Waals surface area contributed by atoms with Crippen LogP contribution in [0.15, 0.2) is 48.3 Å². The van der Waals surface area contributed by atoms with Gasteiger partial charge in [0.05, 0.1) is 0 Å². The standard InChI is InChI=1S/C33H43N3O4/c1-5-13-32(39)14-15-33(22-25-7-6-8-28(20-25)34(3)4)27(23-32)10-9-26-21-29(11-12-30(26)33)40-31(38)36-18-16-35(17-19-36)24(2)37/h6-8,11-12,20-21,26-27,30,39H,9-10,14-19,22-23H2,1-4H3/t26?,27-,30?,32-,33+/m1/s1. The summed E-state index contributed by atoms with van der Waals surface area (Å²) in [4.78, 5) is 30.2. The zero-order chi connectivity index (χ0) is 28.5. The Hall–Kier alpha value is -3.24. The first kappa shape index (κ1) is 28.3. The van der Waals surface area contributed by atoms with Crippen LogP contribution in [0, 0.1) is 35.0 Å². The molecule has 7 nitrogen and oxygen atoms in total. The normalized spacial score (nSPS) is 31.2. The minimum absolute atomic E-state index is 0.00105. The van der Waals surface area contributed by atoms with Gasteiger partial charge in [0.15, 0.2) is 0 Å². The summed E-state index contributed by atoms with van der Waals surface area (Å²) in [6, 6.07) is 8.81. The van der Waals surface area contributed by atoms with Crippen LogP contribution in [0.1, 0.15) is 51.5 Å². The van der Waals surface area contributed by atoms with Crippen molar-refractivity contribution in [3.63, 3.8) is 0 Å². The van der Waals surface area contributed by atoms with E-state index in [1.807, 2.05) is 13.0 Å². The minimum atomic E-state index is -0.914. The predicted octanol–water partition coefficient (Wildman–Crippen LogP) is 4.62. The molecule has 7 heteroatoms. The van der Waals surface area contributed by atoms with Gasteiger partial charge in [0.25, 0.3) is 0 Å². The van der Waals surface area contributed by atoms with Crippen LogP contribution in [-0.4, -0.2) is 72.8 Å². The lowest BCUT2D eigenvalue weighted by molar-refractivity contribution is -0.130. The molecule has 1 N–H and O–H groups in total. The molecule has 2 unspecified atom stereocenters. The second-order valence-corrected chi connectivity index (χ2v) is 12.3. The number of ether oxygens (including phenoxy) is 1. The van der Waals surface area contributed by atoms with Crippen molar-refractivity contribution >= 4 is 17.7 Å². The van der Waals surface area contributed by atoms with Crippen molar-refractivity contribution in [1.82, 2.24) is 9.80 Å². The highest BCUT2D eigenvalue weighted by Crippen LogP contribution is 2.60. The number of allylic oxidation sites excluding steroid dienone is 3. The van der Waals surface area contributed by atoms with Crippen LogP contribution in [-0.2, 0) is 16.0 Å². The maximum atomic E-state index is 12.9. The van der Waals surface area contributed by atoms with E-state index in [9.17, 15) is 14.7 Å². The number of fused-ring (bicyclic) bond motifs is 3. The summed E-state index contributed by atoms with van der Waals surface area (Å²) < 4.78 is 5.86. The molecule has 40 heavy (non-hydrogen) atoms. The number of aliphatic hydroxyl groups is 1. The number of carbonyl (C=O) groups is 2. The molecular formula is C33H43N3O4. The van der Waals surface area contributed by atoms with Crippen molar-refractivity contribution in [3.8, 4) is 11.8 Å². The average Bonchev–Trinajstić information content (AvgIpc) is 2.93. The fourth-order valence-electron chi connectivity index (χ4n) is 7.63. The predicted molar refractivity (Wildman–Crippen MR) is 156 cm³/mol. The van der Waals surface area contributed by atoms with E-state index < -0.39 is 5.60 Å². The Bertz CT molecular complexity index is 1250. The molecule has 1 saturated heterocycles. The van der Waals surface area contributed by atoms with Gasteiger partial charge in [0, 0.05) is 52.9 Å². The monoisotopic (exact) mass is 545 g/mol. The van der Waals surface area contributed by atoms with Gasteiger partial charge in [0.2, 0.25) is 5.91 Å². The average molecular weight is 546 g/mol. The number of nitrogens with zero attached hydrogens (tertiary/aromatic N) is 3. The number of anilines is 1. The SMILES string of the molecule is CC#C[C@@]1(O)CC[C@@]2(Cc3cccc(N(C)C)c3)C3C=CC(OC(=O)N4CCN(C(C)=O)CC4)=CC3CC[C@@H]2C1. The Balaban J connectivity index is 1.36. The van der Waals surface area contributed by atoms with Gasteiger partial charge in [-0.05, 0) is 98.5 Å². The molecular weight excluding hydrogens is 502 g/mol. The summed E-state index contributed by atoms with van der Waals surface area (Å²) in [5.74, 6) is 7.69. The molecule has 0 aromatic heterocycles. The fraction of sp³-hybridized carbons (Fsp3) is 0.576. The van der Waals surface area contributed by atoms with Gasteiger partial charge in [-0.1, -0.05) is 24.1 Å². The number of piperazine rings is 1. The first-order valence-electron chi connectivity index (χ1n) is 14.7. The van der Waals surface area contributed by atoms with Crippen molar-refractivity contribution < 1.29 is 19.4 Å². The highest BCUT2D eigenvalue weighted by atomic mass is 16.6. The second-order valence-electron chi connectivity index (χ2n) is 12.3. The van der Waals surface area contributed by atoms with E-state index in [-0.39, 0.29) is 23.3 Å². The van der Waals surface area contributed by atoms with Crippen LogP contribution >= 0.6 is 0 Å². The quantitative estimate of drug-likeness (QED) is 0.559. The fourth-order valence-corrected chi connectivity index (χ4v) is 7.63. The number of benzene rings is 1. The van der Waals surface area contributed by atoms with Crippen LogP contribution < -0.4 is 4.90 Å². The summed E-state index contributed by atoms with van der Waals surface area (Å²) in [6.45, 7) is 5.43. The molecule has 1 aromatic carbocycles. The van der Waals surface area contributed by atoms with Gasteiger partial charge in [0.1, 0.15) is 11.4 Å². The number of rotatable bonds is 4. The third-order valence-electron chi connectivity index (χ3n) is 9.73. The summed E-state index contributed by atoms with van der Waals surface area (Å²) in [5.41, 5.74) is 1.60. The lowest BCUT2D eigenvalue weighted by Crippen LogP contribution is -2.53. The second kappa shape index (κ2) is 11.3. The molecule has 1 aromatic rings. The molecule has 4 aliphatic rings. The number of amides is 2. The van der Waals surface area contributed by atoms with E-state index in [2.05, 4.69) is 67.3 Å². The molecule has 5 rings (SSSR count). The molecule has 3 aliphatic carbocycles. The van der Waals surface area contributed by atoms with E-state index in [4.69, 9.17) is 4.74 Å².